The molecule has 0 saturated carbocycles. The molecule has 26 heavy (non-hydrogen) atoms. The molecule has 0 spiro atoms. The van der Waals surface area contributed by atoms with Crippen molar-refractivity contribution in [1.82, 2.24) is 9.21 Å². The van der Waals surface area contributed by atoms with Crippen LogP contribution in [0.3, 0.4) is 0 Å². The zero-order valence-electron chi connectivity index (χ0n) is 14.8. The summed E-state index contributed by atoms with van der Waals surface area (Å²) < 4.78 is 32.5. The second-order valence-corrected chi connectivity index (χ2v) is 8.58. The van der Waals surface area contributed by atoms with Crippen LogP contribution in [0, 0.1) is 17.2 Å². The van der Waals surface area contributed by atoms with Gasteiger partial charge in [-0.3, -0.25) is 4.79 Å². The number of ether oxygens (including phenoxy) is 1. The van der Waals surface area contributed by atoms with Crippen LogP contribution in [-0.4, -0.2) is 56.8 Å². The highest BCUT2D eigenvalue weighted by Gasteiger charge is 2.31. The number of benzene rings is 1. The summed E-state index contributed by atoms with van der Waals surface area (Å²) in [5.74, 6) is 0.0274. The molecule has 0 N–H and O–H groups in total. The number of hydrogen-bond acceptors (Lipinski definition) is 5. The lowest BCUT2D eigenvalue weighted by Crippen LogP contribution is -2.38. The summed E-state index contributed by atoms with van der Waals surface area (Å²) in [5.41, 5.74) is 0.332. The van der Waals surface area contributed by atoms with Gasteiger partial charge >= 0.3 is 0 Å². The van der Waals surface area contributed by atoms with Gasteiger partial charge in [0.1, 0.15) is 10.6 Å². The van der Waals surface area contributed by atoms with Gasteiger partial charge in [-0.1, -0.05) is 0 Å². The molecule has 140 valence electrons. The fourth-order valence-electron chi connectivity index (χ4n) is 3.47. The second kappa shape index (κ2) is 7.64. The zero-order valence-corrected chi connectivity index (χ0v) is 15.7. The number of piperidine rings is 1. The molecule has 7 nitrogen and oxygen atoms in total. The molecule has 1 aromatic rings. The SMILES string of the molecule is COc1ccc(C(=O)N2CCC(C#N)CC2)cc1S(=O)(=O)N1CCCC1. The van der Waals surface area contributed by atoms with Crippen molar-refractivity contribution < 1.29 is 17.9 Å². The number of hydrogen-bond donors (Lipinski definition) is 0. The number of carbonyl (C=O) groups is 1. The van der Waals surface area contributed by atoms with Crippen molar-refractivity contribution in [1.29, 1.82) is 5.26 Å². The molecule has 0 bridgehead atoms. The van der Waals surface area contributed by atoms with Crippen LogP contribution in [0.5, 0.6) is 5.75 Å². The molecule has 2 saturated heterocycles. The summed E-state index contributed by atoms with van der Waals surface area (Å²) in [6, 6.07) is 6.80. The largest absolute Gasteiger partial charge is 0.495 e. The van der Waals surface area contributed by atoms with Gasteiger partial charge in [0.05, 0.1) is 13.2 Å². The lowest BCUT2D eigenvalue weighted by Gasteiger charge is -2.29. The molecule has 2 heterocycles. The molecule has 2 aliphatic heterocycles. The molecular formula is C18H23N3O4S. The van der Waals surface area contributed by atoms with E-state index >= 15 is 0 Å². The number of sulfonamides is 1. The molecular weight excluding hydrogens is 354 g/mol. The molecule has 0 unspecified atom stereocenters. The Labute approximate surface area is 154 Å². The van der Waals surface area contributed by atoms with E-state index in [1.807, 2.05) is 0 Å². The van der Waals surface area contributed by atoms with Crippen LogP contribution in [0.2, 0.25) is 0 Å². The van der Waals surface area contributed by atoms with Gasteiger partial charge in [0, 0.05) is 37.7 Å². The van der Waals surface area contributed by atoms with Crippen molar-refractivity contribution >= 4 is 15.9 Å². The van der Waals surface area contributed by atoms with Gasteiger partial charge in [0.2, 0.25) is 10.0 Å². The Hall–Kier alpha value is -2.11. The first-order chi connectivity index (χ1) is 12.5. The van der Waals surface area contributed by atoms with Crippen LogP contribution in [0.1, 0.15) is 36.0 Å². The minimum Gasteiger partial charge on any atom is -0.495 e. The number of rotatable bonds is 4. The Balaban J connectivity index is 1.88. The highest BCUT2D eigenvalue weighted by atomic mass is 32.2. The number of carbonyl (C=O) groups excluding carboxylic acids is 1. The maximum absolute atomic E-state index is 12.9. The van der Waals surface area contributed by atoms with Crippen LogP contribution in [0.15, 0.2) is 23.1 Å². The maximum Gasteiger partial charge on any atom is 0.253 e. The van der Waals surface area contributed by atoms with Crippen molar-refractivity contribution in [2.45, 2.75) is 30.6 Å². The summed E-state index contributed by atoms with van der Waals surface area (Å²) in [7, 11) is -2.26. The molecule has 0 atom stereocenters. The predicted octanol–water partition coefficient (Wildman–Crippen LogP) is 1.86. The van der Waals surface area contributed by atoms with Gasteiger partial charge in [-0.2, -0.15) is 9.57 Å². The molecule has 0 aromatic heterocycles. The van der Waals surface area contributed by atoms with E-state index in [1.54, 1.807) is 11.0 Å². The number of amides is 1. The van der Waals surface area contributed by atoms with Crippen LogP contribution in [-0.2, 0) is 10.0 Å². The smallest absolute Gasteiger partial charge is 0.253 e. The highest BCUT2D eigenvalue weighted by molar-refractivity contribution is 7.89. The van der Waals surface area contributed by atoms with E-state index in [9.17, 15) is 13.2 Å². The standard InChI is InChI=1S/C18H23N3O4S/c1-25-16-5-4-15(18(22)20-10-6-14(13-19)7-11-20)12-17(16)26(23,24)21-8-2-3-9-21/h4-5,12,14H,2-3,6-11H2,1H3. The number of likely N-dealkylation sites (tertiary alicyclic amines) is 1. The lowest BCUT2D eigenvalue weighted by molar-refractivity contribution is 0.0707. The monoisotopic (exact) mass is 377 g/mol. The van der Waals surface area contributed by atoms with E-state index in [-0.39, 0.29) is 22.5 Å². The van der Waals surface area contributed by atoms with Gasteiger partial charge < -0.3 is 9.64 Å². The molecule has 0 radical (unpaired) electrons. The minimum absolute atomic E-state index is 0.0129. The zero-order chi connectivity index (χ0) is 18.7. The van der Waals surface area contributed by atoms with Gasteiger partial charge in [-0.05, 0) is 43.9 Å². The Morgan fingerprint density at radius 2 is 1.85 bits per heavy atom. The Bertz CT molecular complexity index is 817. The lowest BCUT2D eigenvalue weighted by atomic mass is 9.98. The van der Waals surface area contributed by atoms with Crippen molar-refractivity contribution in [2.24, 2.45) is 5.92 Å². The summed E-state index contributed by atoms with van der Waals surface area (Å²) in [6.45, 7) is 2.01. The first-order valence-corrected chi connectivity index (χ1v) is 10.3. The van der Waals surface area contributed by atoms with Crippen molar-refractivity contribution in [2.75, 3.05) is 33.3 Å². The third-order valence-corrected chi connectivity index (χ3v) is 6.98. The molecule has 3 rings (SSSR count). The van der Waals surface area contributed by atoms with Gasteiger partial charge in [0.15, 0.2) is 0 Å². The van der Waals surface area contributed by atoms with Crippen molar-refractivity contribution in [3.05, 3.63) is 23.8 Å². The summed E-state index contributed by atoms with van der Waals surface area (Å²) in [6.07, 6.45) is 2.98. The average molecular weight is 377 g/mol. The van der Waals surface area contributed by atoms with E-state index in [0.717, 1.165) is 12.8 Å². The minimum atomic E-state index is -3.69. The van der Waals surface area contributed by atoms with E-state index in [0.29, 0.717) is 44.6 Å². The van der Waals surface area contributed by atoms with E-state index in [2.05, 4.69) is 6.07 Å². The topological polar surface area (TPSA) is 90.7 Å². The summed E-state index contributed by atoms with van der Waals surface area (Å²) in [5, 5.41) is 8.98. The van der Waals surface area contributed by atoms with Crippen LogP contribution < -0.4 is 4.74 Å². The van der Waals surface area contributed by atoms with E-state index in [1.165, 1.54) is 23.5 Å². The first-order valence-electron chi connectivity index (χ1n) is 8.84. The molecule has 2 fully saturated rings. The summed E-state index contributed by atoms with van der Waals surface area (Å²) in [4.78, 5) is 14.5. The van der Waals surface area contributed by atoms with Crippen molar-refractivity contribution in [3.8, 4) is 11.8 Å². The third kappa shape index (κ3) is 3.55. The van der Waals surface area contributed by atoms with Gasteiger partial charge in [-0.25, -0.2) is 8.42 Å². The Morgan fingerprint density at radius 3 is 2.42 bits per heavy atom. The second-order valence-electron chi connectivity index (χ2n) is 6.67. The normalized spacial score (nSPS) is 19.3. The third-order valence-electron chi connectivity index (χ3n) is 5.06. The van der Waals surface area contributed by atoms with E-state index in [4.69, 9.17) is 10.00 Å². The predicted molar refractivity (Wildman–Crippen MR) is 95.2 cm³/mol. The fraction of sp³-hybridized carbons (Fsp3) is 0.556. The van der Waals surface area contributed by atoms with Crippen LogP contribution >= 0.6 is 0 Å². The number of methoxy groups -OCH3 is 1. The molecule has 0 aliphatic carbocycles. The van der Waals surface area contributed by atoms with Crippen LogP contribution in [0.25, 0.3) is 0 Å². The Morgan fingerprint density at radius 1 is 1.19 bits per heavy atom. The van der Waals surface area contributed by atoms with Crippen LogP contribution in [0.4, 0.5) is 0 Å². The quantitative estimate of drug-likeness (QED) is 0.799. The number of nitrogens with zero attached hydrogens (tertiary/aromatic N) is 3. The molecule has 2 aliphatic rings. The molecule has 1 amide bonds. The number of nitriles is 1. The van der Waals surface area contributed by atoms with Crippen molar-refractivity contribution in [3.63, 3.8) is 0 Å². The maximum atomic E-state index is 12.9. The fourth-order valence-corrected chi connectivity index (χ4v) is 5.17. The van der Waals surface area contributed by atoms with Gasteiger partial charge in [0.25, 0.3) is 5.91 Å². The van der Waals surface area contributed by atoms with Gasteiger partial charge in [-0.15, -0.1) is 0 Å². The molecule has 8 heteroatoms. The average Bonchev–Trinajstić information content (AvgIpc) is 3.22. The van der Waals surface area contributed by atoms with E-state index < -0.39 is 10.0 Å². The molecule has 1 aromatic carbocycles. The summed E-state index contributed by atoms with van der Waals surface area (Å²) >= 11 is 0. The first kappa shape index (κ1) is 18.7. The Kier molecular flexibility index (Phi) is 5.49. The highest BCUT2D eigenvalue weighted by Crippen LogP contribution is 2.30.